The predicted octanol–water partition coefficient (Wildman–Crippen LogP) is 4.07. The van der Waals surface area contributed by atoms with Crippen molar-refractivity contribution in [2.24, 2.45) is 0 Å². The average molecular weight is 266 g/mol. The predicted molar refractivity (Wildman–Crippen MR) is 75.3 cm³/mol. The number of ether oxygens (including phenoxy) is 1. The Labute approximate surface area is 114 Å². The van der Waals surface area contributed by atoms with Crippen molar-refractivity contribution in [2.45, 2.75) is 58.0 Å². The van der Waals surface area contributed by atoms with Crippen LogP contribution in [-0.4, -0.2) is 16.6 Å². The molecule has 1 N–H and O–H groups in total. The maximum atomic E-state index is 5.75. The van der Waals surface area contributed by atoms with Gasteiger partial charge in [0.1, 0.15) is 16.1 Å². The molecule has 2 rings (SSSR count). The van der Waals surface area contributed by atoms with E-state index in [0.717, 1.165) is 5.82 Å². The van der Waals surface area contributed by atoms with E-state index < -0.39 is 5.60 Å². The van der Waals surface area contributed by atoms with E-state index >= 15 is 0 Å². The van der Waals surface area contributed by atoms with Crippen molar-refractivity contribution < 1.29 is 4.74 Å². The number of nitrogens with one attached hydrogen (secondary N) is 1. The van der Waals surface area contributed by atoms with E-state index in [0.29, 0.717) is 17.2 Å². The molecule has 0 bridgehead atoms. The molecule has 18 heavy (non-hydrogen) atoms. The van der Waals surface area contributed by atoms with E-state index in [1.54, 1.807) is 0 Å². The molecule has 1 saturated carbocycles. The van der Waals surface area contributed by atoms with E-state index in [-0.39, 0.29) is 0 Å². The van der Waals surface area contributed by atoms with Gasteiger partial charge in [0.15, 0.2) is 0 Å². The van der Waals surface area contributed by atoms with Gasteiger partial charge in [-0.2, -0.15) is 0 Å². The maximum Gasteiger partial charge on any atom is 0.139 e. The lowest BCUT2D eigenvalue weighted by Gasteiger charge is -2.25. The van der Waals surface area contributed by atoms with Crippen LogP contribution < -0.4 is 0 Å². The summed E-state index contributed by atoms with van der Waals surface area (Å²) in [5, 5.41) is 0. The van der Waals surface area contributed by atoms with Gasteiger partial charge in [0.25, 0.3) is 0 Å². The first kappa shape index (κ1) is 13.7. The Morgan fingerprint density at radius 3 is 2.72 bits per heavy atom. The highest BCUT2D eigenvalue weighted by atomic mass is 32.1. The van der Waals surface area contributed by atoms with Crippen LogP contribution in [0.3, 0.4) is 0 Å². The third-order valence-corrected chi connectivity index (χ3v) is 3.84. The fraction of sp³-hybridized carbons (Fsp3) is 0.714. The Balaban J connectivity index is 2.34. The van der Waals surface area contributed by atoms with Gasteiger partial charge in [0, 0.05) is 12.3 Å². The van der Waals surface area contributed by atoms with Crippen LogP contribution in [0.2, 0.25) is 0 Å². The molecule has 0 spiro atoms. The van der Waals surface area contributed by atoms with Crippen molar-refractivity contribution >= 4 is 12.2 Å². The van der Waals surface area contributed by atoms with E-state index in [4.69, 9.17) is 17.0 Å². The Bertz CT molecular complexity index is 461. The van der Waals surface area contributed by atoms with Gasteiger partial charge in [-0.1, -0.05) is 25.1 Å². The number of nitrogens with zero attached hydrogens (tertiary/aromatic N) is 1. The number of hydrogen-bond acceptors (Lipinski definition) is 3. The van der Waals surface area contributed by atoms with E-state index in [9.17, 15) is 0 Å². The van der Waals surface area contributed by atoms with Gasteiger partial charge >= 0.3 is 0 Å². The lowest BCUT2D eigenvalue weighted by Crippen LogP contribution is -2.25. The lowest BCUT2D eigenvalue weighted by molar-refractivity contribution is -0.0210. The van der Waals surface area contributed by atoms with Crippen molar-refractivity contribution in [3.63, 3.8) is 0 Å². The van der Waals surface area contributed by atoms with Gasteiger partial charge < -0.3 is 9.72 Å². The molecule has 1 aromatic rings. The topological polar surface area (TPSA) is 37.9 Å². The lowest BCUT2D eigenvalue weighted by atomic mass is 10.0. The van der Waals surface area contributed by atoms with Crippen LogP contribution in [0.1, 0.15) is 63.9 Å². The molecule has 0 atom stereocenters. The Morgan fingerprint density at radius 2 is 2.11 bits per heavy atom. The van der Waals surface area contributed by atoms with Gasteiger partial charge in [-0.3, -0.25) is 0 Å². The van der Waals surface area contributed by atoms with Crippen LogP contribution in [0.25, 0.3) is 0 Å². The molecule has 100 valence electrons. The van der Waals surface area contributed by atoms with Crippen LogP contribution >= 0.6 is 12.2 Å². The zero-order chi connectivity index (χ0) is 13.2. The molecule has 1 aliphatic rings. The highest BCUT2D eigenvalue weighted by Gasteiger charge is 2.25. The normalized spacial score (nSPS) is 17.3. The summed E-state index contributed by atoms with van der Waals surface area (Å²) in [5.74, 6) is 1.46. The van der Waals surface area contributed by atoms with Crippen LogP contribution in [-0.2, 0) is 10.3 Å². The standard InChI is InChI=1S/C14H22N2OS/c1-4-17-14(2,3)13-15-11(9-12(18)16-13)10-7-5-6-8-10/h9-10H,4-8H2,1-3H3,(H,15,16,18). The number of aromatic nitrogens is 2. The van der Waals surface area contributed by atoms with E-state index in [2.05, 4.69) is 9.97 Å². The summed E-state index contributed by atoms with van der Waals surface area (Å²) in [7, 11) is 0. The molecule has 0 unspecified atom stereocenters. The molecule has 1 aromatic heterocycles. The third-order valence-electron chi connectivity index (χ3n) is 3.63. The molecule has 1 heterocycles. The smallest absolute Gasteiger partial charge is 0.139 e. The van der Waals surface area contributed by atoms with Crippen LogP contribution in [0.15, 0.2) is 6.07 Å². The highest BCUT2D eigenvalue weighted by molar-refractivity contribution is 7.71. The van der Waals surface area contributed by atoms with Gasteiger partial charge in [0.2, 0.25) is 0 Å². The Morgan fingerprint density at radius 1 is 1.44 bits per heavy atom. The second-order valence-electron chi connectivity index (χ2n) is 5.45. The number of H-pyrrole nitrogens is 1. The molecule has 0 radical (unpaired) electrons. The molecule has 0 aromatic carbocycles. The minimum absolute atomic E-state index is 0.406. The van der Waals surface area contributed by atoms with Crippen molar-refractivity contribution in [1.29, 1.82) is 0 Å². The van der Waals surface area contributed by atoms with Gasteiger partial charge in [-0.15, -0.1) is 0 Å². The highest BCUT2D eigenvalue weighted by Crippen LogP contribution is 2.33. The van der Waals surface area contributed by atoms with Gasteiger partial charge in [0.05, 0.1) is 0 Å². The second kappa shape index (κ2) is 5.49. The first-order chi connectivity index (χ1) is 8.53. The molecule has 1 aliphatic carbocycles. The van der Waals surface area contributed by atoms with Crippen LogP contribution in [0.5, 0.6) is 0 Å². The maximum absolute atomic E-state index is 5.75. The SMILES string of the molecule is CCOC(C)(C)c1nc(=S)cc(C2CCCC2)[nH]1. The molecule has 3 nitrogen and oxygen atoms in total. The third kappa shape index (κ3) is 2.98. The van der Waals surface area contributed by atoms with Crippen molar-refractivity contribution in [2.75, 3.05) is 6.61 Å². The van der Waals surface area contributed by atoms with E-state index in [1.807, 2.05) is 26.8 Å². The number of rotatable bonds is 4. The summed E-state index contributed by atoms with van der Waals surface area (Å²) >= 11 is 5.29. The first-order valence-corrected chi connectivity index (χ1v) is 7.19. The fourth-order valence-corrected chi connectivity index (χ4v) is 2.87. The Kier molecular flexibility index (Phi) is 4.17. The Hall–Kier alpha value is -0.740. The molecule has 1 fully saturated rings. The molecule has 0 amide bonds. The quantitative estimate of drug-likeness (QED) is 0.835. The molecular weight excluding hydrogens is 244 g/mol. The van der Waals surface area contributed by atoms with Crippen LogP contribution in [0.4, 0.5) is 0 Å². The largest absolute Gasteiger partial charge is 0.368 e. The summed E-state index contributed by atoms with van der Waals surface area (Å²) in [6, 6.07) is 2.01. The summed E-state index contributed by atoms with van der Waals surface area (Å²) in [6.07, 6.45) is 5.14. The monoisotopic (exact) mass is 266 g/mol. The van der Waals surface area contributed by atoms with Crippen molar-refractivity contribution in [1.82, 2.24) is 9.97 Å². The van der Waals surface area contributed by atoms with Crippen molar-refractivity contribution in [3.8, 4) is 0 Å². The molecule has 4 heteroatoms. The molecular formula is C14H22N2OS. The first-order valence-electron chi connectivity index (χ1n) is 6.78. The van der Waals surface area contributed by atoms with Gasteiger partial charge in [-0.05, 0) is 45.6 Å². The van der Waals surface area contributed by atoms with Crippen molar-refractivity contribution in [3.05, 3.63) is 22.2 Å². The summed E-state index contributed by atoms with van der Waals surface area (Å²) in [4.78, 5) is 7.88. The van der Waals surface area contributed by atoms with Crippen LogP contribution in [0, 0.1) is 4.64 Å². The number of hydrogen-bond donors (Lipinski definition) is 1. The minimum Gasteiger partial charge on any atom is -0.368 e. The van der Waals surface area contributed by atoms with E-state index in [1.165, 1.54) is 31.4 Å². The molecule has 0 aliphatic heterocycles. The van der Waals surface area contributed by atoms with Gasteiger partial charge in [-0.25, -0.2) is 4.98 Å². The number of aromatic amines is 1. The fourth-order valence-electron chi connectivity index (χ4n) is 2.65. The zero-order valence-corrected chi connectivity index (χ0v) is 12.3. The summed E-state index contributed by atoms with van der Waals surface area (Å²) < 4.78 is 6.41. The second-order valence-corrected chi connectivity index (χ2v) is 5.87. The zero-order valence-electron chi connectivity index (χ0n) is 11.5. The summed E-state index contributed by atoms with van der Waals surface area (Å²) in [6.45, 7) is 6.73. The minimum atomic E-state index is -0.406. The average Bonchev–Trinajstić information content (AvgIpc) is 2.81. The summed E-state index contributed by atoms with van der Waals surface area (Å²) in [5.41, 5.74) is 0.826. The molecule has 0 saturated heterocycles.